The number of aliphatic hydroxyl groups is 1. The molecule has 0 saturated carbocycles. The molecule has 1 aromatic rings. The quantitative estimate of drug-likeness (QED) is 0.672. The van der Waals surface area contributed by atoms with E-state index in [0.717, 1.165) is 24.0 Å². The number of nitrogens with one attached hydrogen (secondary N) is 3. The highest BCUT2D eigenvalue weighted by molar-refractivity contribution is 5.75. The summed E-state index contributed by atoms with van der Waals surface area (Å²) in [6.07, 6.45) is 1.80. The van der Waals surface area contributed by atoms with E-state index < -0.39 is 6.10 Å². The maximum atomic E-state index is 12.5. The van der Waals surface area contributed by atoms with Crippen molar-refractivity contribution in [3.05, 3.63) is 35.4 Å². The van der Waals surface area contributed by atoms with Crippen LogP contribution in [0.3, 0.4) is 0 Å². The third kappa shape index (κ3) is 3.73. The molecule has 1 heterocycles. The SMILES string of the molecule is CC1(C)CC(NC(=O)NC2c3ccccc3CC2O)CC(C)(C)N1. The first-order valence-corrected chi connectivity index (χ1v) is 8.77. The molecule has 3 rings (SSSR count). The number of carbonyl (C=O) groups excluding carboxylic acids is 1. The van der Waals surface area contributed by atoms with E-state index in [-0.39, 0.29) is 29.2 Å². The van der Waals surface area contributed by atoms with Crippen LogP contribution >= 0.6 is 0 Å². The fourth-order valence-electron chi connectivity index (χ4n) is 4.54. The Balaban J connectivity index is 1.64. The molecule has 5 heteroatoms. The van der Waals surface area contributed by atoms with E-state index in [1.807, 2.05) is 24.3 Å². The van der Waals surface area contributed by atoms with Crippen LogP contribution in [0, 0.1) is 0 Å². The van der Waals surface area contributed by atoms with Crippen molar-refractivity contribution in [2.24, 2.45) is 0 Å². The zero-order chi connectivity index (χ0) is 17.5. The van der Waals surface area contributed by atoms with Crippen LogP contribution in [0.1, 0.15) is 57.7 Å². The van der Waals surface area contributed by atoms with Crippen LogP contribution in [-0.2, 0) is 6.42 Å². The lowest BCUT2D eigenvalue weighted by Crippen LogP contribution is -2.62. The molecule has 0 aromatic heterocycles. The smallest absolute Gasteiger partial charge is 0.315 e. The predicted octanol–water partition coefficient (Wildman–Crippen LogP) is 2.25. The van der Waals surface area contributed by atoms with Gasteiger partial charge < -0.3 is 21.1 Å². The van der Waals surface area contributed by atoms with Crippen molar-refractivity contribution in [3.8, 4) is 0 Å². The minimum Gasteiger partial charge on any atom is -0.390 e. The Hall–Kier alpha value is -1.59. The van der Waals surface area contributed by atoms with Crippen molar-refractivity contribution in [1.29, 1.82) is 0 Å². The second-order valence-corrected chi connectivity index (χ2v) is 8.56. The van der Waals surface area contributed by atoms with Crippen molar-refractivity contribution in [2.75, 3.05) is 0 Å². The van der Waals surface area contributed by atoms with Gasteiger partial charge in [0.2, 0.25) is 0 Å². The predicted molar refractivity (Wildman–Crippen MR) is 94.9 cm³/mol. The van der Waals surface area contributed by atoms with Gasteiger partial charge in [0.25, 0.3) is 0 Å². The molecule has 1 saturated heterocycles. The first-order chi connectivity index (χ1) is 11.2. The lowest BCUT2D eigenvalue weighted by molar-refractivity contribution is 0.132. The van der Waals surface area contributed by atoms with Crippen molar-refractivity contribution >= 4 is 6.03 Å². The number of aliphatic hydroxyl groups excluding tert-OH is 1. The normalized spacial score (nSPS) is 28.2. The van der Waals surface area contributed by atoms with E-state index >= 15 is 0 Å². The first kappa shape index (κ1) is 17.2. The van der Waals surface area contributed by atoms with Crippen molar-refractivity contribution in [1.82, 2.24) is 16.0 Å². The number of amides is 2. The standard InChI is InChI=1S/C19H29N3O2/c1-18(2)10-13(11-19(3,4)22-18)20-17(24)21-16-14-8-6-5-7-12(14)9-15(16)23/h5-8,13,15-16,22-23H,9-11H2,1-4H3,(H2,20,21,24). The monoisotopic (exact) mass is 331 g/mol. The molecule has 1 aromatic carbocycles. The number of urea groups is 1. The fraction of sp³-hybridized carbons (Fsp3) is 0.632. The molecule has 132 valence electrons. The summed E-state index contributed by atoms with van der Waals surface area (Å²) >= 11 is 0. The molecule has 0 radical (unpaired) electrons. The Morgan fingerprint density at radius 2 is 1.75 bits per heavy atom. The maximum absolute atomic E-state index is 12.5. The van der Waals surface area contributed by atoms with Gasteiger partial charge in [0, 0.05) is 23.5 Å². The van der Waals surface area contributed by atoms with Crippen molar-refractivity contribution in [2.45, 2.75) is 76.2 Å². The highest BCUT2D eigenvalue weighted by atomic mass is 16.3. The van der Waals surface area contributed by atoms with Crippen LogP contribution in [0.15, 0.2) is 24.3 Å². The molecule has 0 bridgehead atoms. The summed E-state index contributed by atoms with van der Waals surface area (Å²) in [6, 6.07) is 7.49. The highest BCUT2D eigenvalue weighted by Crippen LogP contribution is 2.32. The van der Waals surface area contributed by atoms with Gasteiger partial charge >= 0.3 is 6.03 Å². The number of hydrogen-bond donors (Lipinski definition) is 4. The third-order valence-corrected chi connectivity index (χ3v) is 5.02. The van der Waals surface area contributed by atoms with Crippen molar-refractivity contribution in [3.63, 3.8) is 0 Å². The molecule has 5 nitrogen and oxygen atoms in total. The number of carbonyl (C=O) groups is 1. The molecule has 0 spiro atoms. The van der Waals surface area contributed by atoms with Crippen LogP contribution in [0.4, 0.5) is 4.79 Å². The first-order valence-electron chi connectivity index (χ1n) is 8.77. The van der Waals surface area contributed by atoms with E-state index in [1.54, 1.807) is 0 Å². The second-order valence-electron chi connectivity index (χ2n) is 8.56. The van der Waals surface area contributed by atoms with Gasteiger partial charge in [0.1, 0.15) is 0 Å². The van der Waals surface area contributed by atoms with Gasteiger partial charge in [0.15, 0.2) is 0 Å². The highest BCUT2D eigenvalue weighted by Gasteiger charge is 2.39. The minimum absolute atomic E-state index is 0.0147. The van der Waals surface area contributed by atoms with E-state index in [1.165, 1.54) is 0 Å². The number of piperidine rings is 1. The molecule has 2 atom stereocenters. The van der Waals surface area contributed by atoms with E-state index in [9.17, 15) is 9.90 Å². The third-order valence-electron chi connectivity index (χ3n) is 5.02. The molecular weight excluding hydrogens is 302 g/mol. The number of benzene rings is 1. The molecule has 24 heavy (non-hydrogen) atoms. The van der Waals surface area contributed by atoms with Gasteiger partial charge in [0.05, 0.1) is 12.1 Å². The summed E-state index contributed by atoms with van der Waals surface area (Å²) in [7, 11) is 0. The number of hydrogen-bond acceptors (Lipinski definition) is 3. The summed E-state index contributed by atoms with van der Waals surface area (Å²) in [5.74, 6) is 0. The van der Waals surface area contributed by atoms with Crippen molar-refractivity contribution < 1.29 is 9.90 Å². The van der Waals surface area contributed by atoms with Crippen LogP contribution in [0.2, 0.25) is 0 Å². The fourth-order valence-corrected chi connectivity index (χ4v) is 4.54. The van der Waals surface area contributed by atoms with Crippen LogP contribution in [0.25, 0.3) is 0 Å². The van der Waals surface area contributed by atoms with Gasteiger partial charge in [-0.15, -0.1) is 0 Å². The van der Waals surface area contributed by atoms with Gasteiger partial charge in [-0.05, 0) is 51.7 Å². The average molecular weight is 331 g/mol. The molecule has 2 aliphatic rings. The lowest BCUT2D eigenvalue weighted by Gasteiger charge is -2.46. The van der Waals surface area contributed by atoms with Crippen LogP contribution in [0.5, 0.6) is 0 Å². The van der Waals surface area contributed by atoms with E-state index in [2.05, 4.69) is 43.6 Å². The largest absolute Gasteiger partial charge is 0.390 e. The number of rotatable bonds is 2. The molecule has 4 N–H and O–H groups in total. The Labute approximate surface area is 144 Å². The zero-order valence-electron chi connectivity index (χ0n) is 15.0. The number of fused-ring (bicyclic) bond motifs is 1. The Kier molecular flexibility index (Phi) is 4.34. The molecule has 1 aliphatic carbocycles. The summed E-state index contributed by atoms with van der Waals surface area (Å²) in [5, 5.41) is 20.0. The minimum atomic E-state index is -0.561. The Bertz CT molecular complexity index is 611. The summed E-state index contributed by atoms with van der Waals surface area (Å²) in [4.78, 5) is 12.5. The van der Waals surface area contributed by atoms with E-state index in [0.29, 0.717) is 6.42 Å². The van der Waals surface area contributed by atoms with E-state index in [4.69, 9.17) is 0 Å². The van der Waals surface area contributed by atoms with Crippen LogP contribution < -0.4 is 16.0 Å². The Morgan fingerprint density at radius 3 is 2.42 bits per heavy atom. The summed E-state index contributed by atoms with van der Waals surface area (Å²) in [5.41, 5.74) is 2.10. The Morgan fingerprint density at radius 1 is 1.12 bits per heavy atom. The molecule has 1 fully saturated rings. The maximum Gasteiger partial charge on any atom is 0.315 e. The second kappa shape index (κ2) is 6.05. The van der Waals surface area contributed by atoms with Gasteiger partial charge in [-0.2, -0.15) is 0 Å². The van der Waals surface area contributed by atoms with Gasteiger partial charge in [-0.1, -0.05) is 24.3 Å². The molecular formula is C19H29N3O2. The molecule has 2 unspecified atom stereocenters. The molecule has 2 amide bonds. The lowest BCUT2D eigenvalue weighted by atomic mass is 9.80. The summed E-state index contributed by atoms with van der Waals surface area (Å²) in [6.45, 7) is 8.66. The van der Waals surface area contributed by atoms with Gasteiger partial charge in [-0.25, -0.2) is 4.79 Å². The molecule has 1 aliphatic heterocycles. The van der Waals surface area contributed by atoms with Gasteiger partial charge in [-0.3, -0.25) is 0 Å². The summed E-state index contributed by atoms with van der Waals surface area (Å²) < 4.78 is 0. The zero-order valence-corrected chi connectivity index (χ0v) is 15.0. The topological polar surface area (TPSA) is 73.4 Å². The average Bonchev–Trinajstić information content (AvgIpc) is 2.71. The van der Waals surface area contributed by atoms with Crippen LogP contribution in [-0.4, -0.2) is 34.4 Å².